The fourth-order valence-electron chi connectivity index (χ4n) is 3.33. The van der Waals surface area contributed by atoms with Crippen LogP contribution in [0.5, 0.6) is 5.75 Å². The van der Waals surface area contributed by atoms with Gasteiger partial charge in [0.2, 0.25) is 0 Å². The van der Waals surface area contributed by atoms with Crippen molar-refractivity contribution >= 4 is 51.7 Å². The van der Waals surface area contributed by atoms with Crippen molar-refractivity contribution in [2.45, 2.75) is 6.92 Å². The van der Waals surface area contributed by atoms with Crippen molar-refractivity contribution in [1.29, 1.82) is 0 Å². The van der Waals surface area contributed by atoms with E-state index in [9.17, 15) is 9.59 Å². The molecule has 0 aliphatic carbocycles. The SMILES string of the molecule is COc1ccc2ccccc2c1C=C1C(=O)NC(=S)N(c2ccc(C)cc2)C1=O. The van der Waals surface area contributed by atoms with Gasteiger partial charge in [-0.25, -0.2) is 0 Å². The van der Waals surface area contributed by atoms with Crippen molar-refractivity contribution in [3.05, 3.63) is 77.4 Å². The van der Waals surface area contributed by atoms with Crippen molar-refractivity contribution in [2.24, 2.45) is 0 Å². The fraction of sp³-hybridized carbons (Fsp3) is 0.0870. The zero-order valence-corrected chi connectivity index (χ0v) is 16.7. The van der Waals surface area contributed by atoms with Crippen LogP contribution in [0, 0.1) is 6.92 Å². The number of aryl methyl sites for hydroxylation is 1. The van der Waals surface area contributed by atoms with Crippen LogP contribution in [0.4, 0.5) is 5.69 Å². The second kappa shape index (κ2) is 7.48. The summed E-state index contributed by atoms with van der Waals surface area (Å²) in [5.41, 5.74) is 2.32. The summed E-state index contributed by atoms with van der Waals surface area (Å²) in [4.78, 5) is 27.2. The van der Waals surface area contributed by atoms with E-state index in [0.29, 0.717) is 17.0 Å². The second-order valence-electron chi connectivity index (χ2n) is 6.70. The molecular formula is C23H18N2O3S. The quantitative estimate of drug-likeness (QED) is 0.409. The van der Waals surface area contributed by atoms with Gasteiger partial charge in [-0.1, -0.05) is 48.0 Å². The summed E-state index contributed by atoms with van der Waals surface area (Å²) in [5.74, 6) is -0.428. The molecule has 0 unspecified atom stereocenters. The maximum atomic E-state index is 13.2. The fourth-order valence-corrected chi connectivity index (χ4v) is 3.61. The highest BCUT2D eigenvalue weighted by Crippen LogP contribution is 2.31. The Balaban J connectivity index is 1.86. The van der Waals surface area contributed by atoms with E-state index >= 15 is 0 Å². The number of anilines is 1. The van der Waals surface area contributed by atoms with Crippen LogP contribution >= 0.6 is 12.2 Å². The van der Waals surface area contributed by atoms with E-state index in [0.717, 1.165) is 16.3 Å². The molecule has 0 aromatic heterocycles. The maximum Gasteiger partial charge on any atom is 0.270 e. The van der Waals surface area contributed by atoms with Crippen LogP contribution in [-0.2, 0) is 9.59 Å². The van der Waals surface area contributed by atoms with Crippen molar-refractivity contribution in [2.75, 3.05) is 12.0 Å². The molecule has 1 aliphatic heterocycles. The molecule has 1 heterocycles. The Labute approximate surface area is 173 Å². The van der Waals surface area contributed by atoms with Crippen LogP contribution in [0.2, 0.25) is 0 Å². The molecule has 1 aliphatic rings. The van der Waals surface area contributed by atoms with Crippen LogP contribution in [0.15, 0.2) is 66.2 Å². The van der Waals surface area contributed by atoms with Gasteiger partial charge in [0.1, 0.15) is 11.3 Å². The van der Waals surface area contributed by atoms with Crippen LogP contribution in [0.1, 0.15) is 11.1 Å². The Bertz CT molecular complexity index is 1180. The summed E-state index contributed by atoms with van der Waals surface area (Å²) in [6.45, 7) is 1.96. The van der Waals surface area contributed by atoms with E-state index in [1.807, 2.05) is 55.5 Å². The Morgan fingerprint density at radius 1 is 1.00 bits per heavy atom. The zero-order chi connectivity index (χ0) is 20.5. The van der Waals surface area contributed by atoms with Gasteiger partial charge in [-0.15, -0.1) is 0 Å². The molecule has 1 N–H and O–H groups in total. The number of ether oxygens (including phenoxy) is 1. The monoisotopic (exact) mass is 402 g/mol. The van der Waals surface area contributed by atoms with E-state index in [1.165, 1.54) is 4.90 Å². The third kappa shape index (κ3) is 3.39. The predicted octanol–water partition coefficient (Wildman–Crippen LogP) is 3.99. The first-order valence-corrected chi connectivity index (χ1v) is 9.44. The van der Waals surface area contributed by atoms with Gasteiger partial charge in [0.15, 0.2) is 5.11 Å². The van der Waals surface area contributed by atoms with Gasteiger partial charge < -0.3 is 4.74 Å². The highest BCUT2D eigenvalue weighted by atomic mass is 32.1. The number of methoxy groups -OCH3 is 1. The largest absolute Gasteiger partial charge is 0.496 e. The number of amides is 2. The molecule has 5 nitrogen and oxygen atoms in total. The van der Waals surface area contributed by atoms with Crippen LogP contribution in [-0.4, -0.2) is 24.0 Å². The van der Waals surface area contributed by atoms with Gasteiger partial charge in [-0.3, -0.25) is 19.8 Å². The molecule has 0 atom stereocenters. The van der Waals surface area contributed by atoms with Gasteiger partial charge in [-0.2, -0.15) is 0 Å². The van der Waals surface area contributed by atoms with Crippen molar-refractivity contribution in [1.82, 2.24) is 5.32 Å². The number of carbonyl (C=O) groups is 2. The van der Waals surface area contributed by atoms with Crippen molar-refractivity contribution in [3.8, 4) is 5.75 Å². The van der Waals surface area contributed by atoms with Gasteiger partial charge in [-0.05, 0) is 54.2 Å². The van der Waals surface area contributed by atoms with E-state index in [1.54, 1.807) is 25.3 Å². The summed E-state index contributed by atoms with van der Waals surface area (Å²) in [5, 5.41) is 4.54. The van der Waals surface area contributed by atoms with E-state index in [-0.39, 0.29) is 10.7 Å². The highest BCUT2D eigenvalue weighted by molar-refractivity contribution is 7.80. The van der Waals surface area contributed by atoms with Crippen LogP contribution < -0.4 is 15.0 Å². The minimum absolute atomic E-state index is 0.00571. The van der Waals surface area contributed by atoms with Crippen LogP contribution in [0.25, 0.3) is 16.8 Å². The lowest BCUT2D eigenvalue weighted by Gasteiger charge is -2.29. The Morgan fingerprint density at radius 2 is 1.72 bits per heavy atom. The lowest BCUT2D eigenvalue weighted by atomic mass is 9.99. The normalized spacial score (nSPS) is 15.7. The number of thiocarbonyl (C=S) groups is 1. The Kier molecular flexibility index (Phi) is 4.86. The molecule has 1 fully saturated rings. The molecule has 0 spiro atoms. The van der Waals surface area contributed by atoms with Crippen molar-refractivity contribution < 1.29 is 14.3 Å². The smallest absolute Gasteiger partial charge is 0.270 e. The predicted molar refractivity (Wildman–Crippen MR) is 118 cm³/mol. The van der Waals surface area contributed by atoms with Crippen LogP contribution in [0.3, 0.4) is 0 Å². The standard InChI is InChI=1S/C23H18N2O3S/c1-14-7-10-16(11-8-14)25-22(27)19(21(26)24-23(25)29)13-18-17-6-4-3-5-15(17)9-12-20(18)28-2/h3-13H,1-2H3,(H,24,26,29). The summed E-state index contributed by atoms with van der Waals surface area (Å²) in [7, 11) is 1.56. The molecule has 0 radical (unpaired) electrons. The number of fused-ring (bicyclic) bond motifs is 1. The van der Waals surface area contributed by atoms with E-state index in [4.69, 9.17) is 17.0 Å². The lowest BCUT2D eigenvalue weighted by molar-refractivity contribution is -0.122. The minimum Gasteiger partial charge on any atom is -0.496 e. The molecule has 0 saturated carbocycles. The topological polar surface area (TPSA) is 58.6 Å². The third-order valence-corrected chi connectivity index (χ3v) is 5.12. The first-order chi connectivity index (χ1) is 14.0. The summed E-state index contributed by atoms with van der Waals surface area (Å²) < 4.78 is 5.48. The van der Waals surface area contributed by atoms with Gasteiger partial charge in [0, 0.05) is 5.56 Å². The van der Waals surface area contributed by atoms with Gasteiger partial charge in [0.05, 0.1) is 12.8 Å². The molecule has 1 saturated heterocycles. The summed E-state index contributed by atoms with van der Waals surface area (Å²) in [6.07, 6.45) is 1.57. The Hall–Kier alpha value is -3.51. The lowest BCUT2D eigenvalue weighted by Crippen LogP contribution is -2.54. The molecular weight excluding hydrogens is 384 g/mol. The second-order valence-corrected chi connectivity index (χ2v) is 7.08. The Morgan fingerprint density at radius 3 is 2.45 bits per heavy atom. The summed E-state index contributed by atoms with van der Waals surface area (Å²) >= 11 is 5.26. The molecule has 4 rings (SSSR count). The van der Waals surface area contributed by atoms with E-state index in [2.05, 4.69) is 5.32 Å². The molecule has 3 aromatic carbocycles. The maximum absolute atomic E-state index is 13.2. The first-order valence-electron chi connectivity index (χ1n) is 9.03. The number of carbonyl (C=O) groups excluding carboxylic acids is 2. The zero-order valence-electron chi connectivity index (χ0n) is 15.9. The highest BCUT2D eigenvalue weighted by Gasteiger charge is 2.34. The number of hydrogen-bond acceptors (Lipinski definition) is 4. The molecule has 6 heteroatoms. The van der Waals surface area contributed by atoms with E-state index < -0.39 is 11.8 Å². The number of rotatable bonds is 3. The number of nitrogens with zero attached hydrogens (tertiary/aromatic N) is 1. The van der Waals surface area contributed by atoms with Crippen molar-refractivity contribution in [3.63, 3.8) is 0 Å². The number of hydrogen-bond donors (Lipinski definition) is 1. The molecule has 144 valence electrons. The van der Waals surface area contributed by atoms with Gasteiger partial charge in [0.25, 0.3) is 11.8 Å². The van der Waals surface area contributed by atoms with Gasteiger partial charge >= 0.3 is 0 Å². The average molecular weight is 402 g/mol. The number of nitrogens with one attached hydrogen (secondary N) is 1. The number of benzene rings is 3. The average Bonchev–Trinajstić information content (AvgIpc) is 2.72. The molecule has 2 amide bonds. The first kappa shape index (κ1) is 18.8. The summed E-state index contributed by atoms with van der Waals surface area (Å²) in [6, 6.07) is 18.9. The molecule has 3 aromatic rings. The molecule has 29 heavy (non-hydrogen) atoms. The third-order valence-electron chi connectivity index (χ3n) is 4.83. The minimum atomic E-state index is -0.529. The molecule has 0 bridgehead atoms.